The summed E-state index contributed by atoms with van der Waals surface area (Å²) in [5.74, 6) is -0.593. The Labute approximate surface area is 328 Å². The lowest BCUT2D eigenvalue weighted by Crippen LogP contribution is -2.39. The van der Waals surface area contributed by atoms with E-state index in [4.69, 9.17) is 18.5 Å². The van der Waals surface area contributed by atoms with E-state index in [1.165, 1.54) is 6.33 Å². The fourth-order valence-electron chi connectivity index (χ4n) is 6.98. The molecular formula is C42H50N7O6P. The Hall–Kier alpha value is -4.80. The summed E-state index contributed by atoms with van der Waals surface area (Å²) in [5, 5.41) is 12.0. The molecule has 0 spiro atoms. The number of aromatic nitrogens is 4. The van der Waals surface area contributed by atoms with Crippen LogP contribution in [0.25, 0.3) is 11.2 Å². The van der Waals surface area contributed by atoms with Gasteiger partial charge in [0.15, 0.2) is 11.2 Å². The zero-order valence-corrected chi connectivity index (χ0v) is 33.6. The Morgan fingerprint density at radius 1 is 0.982 bits per heavy atom. The first-order valence-corrected chi connectivity index (χ1v) is 20.1. The number of hydrogen-bond donors (Lipinski definition) is 2. The minimum Gasteiger partial charge on any atom is -0.358 e. The van der Waals surface area contributed by atoms with Crippen LogP contribution in [0.2, 0.25) is 0 Å². The second-order valence-corrected chi connectivity index (χ2v) is 15.9. The van der Waals surface area contributed by atoms with E-state index in [1.54, 1.807) is 18.4 Å². The molecule has 6 rings (SSSR count). The van der Waals surface area contributed by atoms with Crippen LogP contribution in [-0.2, 0) is 28.9 Å². The average molecular weight is 780 g/mol. The highest BCUT2D eigenvalue weighted by Crippen LogP contribution is 2.51. The lowest BCUT2D eigenvalue weighted by atomic mass is 9.80. The normalized spacial score (nSPS) is 17.9. The largest absolute Gasteiger partial charge is 0.358 e. The maximum atomic E-state index is 13.1. The maximum Gasteiger partial charge on any atom is 0.280 e. The molecule has 3 aromatic carbocycles. The second-order valence-electron chi connectivity index (χ2n) is 14.5. The molecule has 0 bridgehead atoms. The van der Waals surface area contributed by atoms with Crippen molar-refractivity contribution in [3.63, 3.8) is 0 Å². The van der Waals surface area contributed by atoms with Crippen LogP contribution >= 0.6 is 8.53 Å². The molecular weight excluding hydrogens is 729 g/mol. The number of fused-ring (bicyclic) bond motifs is 1. The number of carbonyl (C=O) groups excluding carboxylic acids is 1. The van der Waals surface area contributed by atoms with Gasteiger partial charge in [-0.3, -0.25) is 24.5 Å². The number of nitriles is 1. The molecule has 14 heteroatoms. The Balaban J connectivity index is 1.42. The van der Waals surface area contributed by atoms with Crippen LogP contribution in [0.15, 0.2) is 102 Å². The van der Waals surface area contributed by atoms with Gasteiger partial charge in [-0.05, 0) is 44.4 Å². The summed E-state index contributed by atoms with van der Waals surface area (Å²) in [7, 11) is -1.66. The number of aromatic amines is 1. The highest BCUT2D eigenvalue weighted by Gasteiger charge is 2.45. The summed E-state index contributed by atoms with van der Waals surface area (Å²) in [4.78, 5) is 37.3. The van der Waals surface area contributed by atoms with Crippen molar-refractivity contribution in [3.05, 3.63) is 124 Å². The number of nitrogens with zero attached hydrogens (tertiary/aromatic N) is 5. The first-order chi connectivity index (χ1) is 27.0. The zero-order valence-electron chi connectivity index (χ0n) is 32.7. The summed E-state index contributed by atoms with van der Waals surface area (Å²) in [5.41, 5.74) is 1.68. The van der Waals surface area contributed by atoms with Gasteiger partial charge in [-0.15, -0.1) is 0 Å². The monoisotopic (exact) mass is 779 g/mol. The average Bonchev–Trinajstić information content (AvgIpc) is 3.80. The van der Waals surface area contributed by atoms with E-state index in [2.05, 4.69) is 95.1 Å². The Kier molecular flexibility index (Phi) is 13.4. The van der Waals surface area contributed by atoms with E-state index < -0.39 is 38.1 Å². The van der Waals surface area contributed by atoms with Crippen LogP contribution in [0.5, 0.6) is 0 Å². The Bertz CT molecular complexity index is 2030. The standard InChI is InChI=1S/C42H50N7O6P/c1-28(2)39(50)46-41-45-38-37(40(51)47-41)44-27-48(38)36-25-34(55-56(53-24-16-23-43)49(29(3)4)30(5)6)35(54-36)26-52-42(31-17-10-7-11-18-31,32-19-12-8-13-20-32)33-21-14-9-15-22-33/h7-15,17-22,27-30,34-36H,16,24-26H2,1-6H3,(H2,45,46,47,50,51)/t34-,35-,36-,56?/m1/s1. The highest BCUT2D eigenvalue weighted by atomic mass is 31.2. The number of ether oxygens (including phenoxy) is 2. The van der Waals surface area contributed by atoms with Crippen molar-refractivity contribution >= 4 is 31.5 Å². The van der Waals surface area contributed by atoms with Gasteiger partial charge in [0.2, 0.25) is 11.9 Å². The summed E-state index contributed by atoms with van der Waals surface area (Å²) < 4.78 is 31.3. The number of H-pyrrole nitrogens is 1. The van der Waals surface area contributed by atoms with Crippen LogP contribution in [0.1, 0.15) is 77.3 Å². The zero-order chi connectivity index (χ0) is 39.8. The van der Waals surface area contributed by atoms with Gasteiger partial charge in [0, 0.05) is 24.4 Å². The smallest absolute Gasteiger partial charge is 0.280 e. The number of anilines is 1. The second kappa shape index (κ2) is 18.4. The molecule has 2 aromatic heterocycles. The van der Waals surface area contributed by atoms with Gasteiger partial charge in [0.1, 0.15) is 17.9 Å². The molecule has 2 N–H and O–H groups in total. The topological polar surface area (TPSA) is 157 Å². The van der Waals surface area contributed by atoms with Crippen LogP contribution in [-0.4, -0.2) is 67.6 Å². The number of hydrogen-bond acceptors (Lipinski definition) is 10. The quantitative estimate of drug-likeness (QED) is 0.0546. The third-order valence-electron chi connectivity index (χ3n) is 9.58. The van der Waals surface area contributed by atoms with E-state index in [9.17, 15) is 14.9 Å². The first kappa shape index (κ1) is 40.9. The molecule has 0 aliphatic carbocycles. The Morgan fingerprint density at radius 2 is 1.55 bits per heavy atom. The molecule has 4 atom stereocenters. The van der Waals surface area contributed by atoms with E-state index >= 15 is 0 Å². The number of imidazole rings is 1. The van der Waals surface area contributed by atoms with Gasteiger partial charge in [0.25, 0.3) is 14.1 Å². The van der Waals surface area contributed by atoms with Gasteiger partial charge in [-0.25, -0.2) is 9.65 Å². The highest BCUT2D eigenvalue weighted by molar-refractivity contribution is 7.44. The molecule has 1 aliphatic rings. The molecule has 13 nitrogen and oxygen atoms in total. The number of benzene rings is 3. The van der Waals surface area contributed by atoms with Gasteiger partial charge in [-0.2, -0.15) is 10.2 Å². The van der Waals surface area contributed by atoms with Crippen molar-refractivity contribution in [2.75, 3.05) is 18.5 Å². The third-order valence-corrected chi connectivity index (χ3v) is 11.7. The van der Waals surface area contributed by atoms with Crippen molar-refractivity contribution in [1.82, 2.24) is 24.2 Å². The van der Waals surface area contributed by atoms with Crippen LogP contribution in [0.4, 0.5) is 5.95 Å². The van der Waals surface area contributed by atoms with Crippen molar-refractivity contribution < 1.29 is 23.3 Å². The summed E-state index contributed by atoms with van der Waals surface area (Å²) >= 11 is 0. The number of carbonyl (C=O) groups is 1. The van der Waals surface area contributed by atoms with E-state index in [-0.39, 0.29) is 60.7 Å². The van der Waals surface area contributed by atoms with Crippen molar-refractivity contribution in [2.24, 2.45) is 5.92 Å². The third kappa shape index (κ3) is 8.92. The molecule has 3 heterocycles. The van der Waals surface area contributed by atoms with E-state index in [1.807, 2.05) is 54.6 Å². The first-order valence-electron chi connectivity index (χ1n) is 19.0. The van der Waals surface area contributed by atoms with E-state index in [0.29, 0.717) is 6.42 Å². The molecule has 0 radical (unpaired) electrons. The summed E-state index contributed by atoms with van der Waals surface area (Å²) in [6, 6.07) is 32.7. The Morgan fingerprint density at radius 3 is 2.07 bits per heavy atom. The van der Waals surface area contributed by atoms with E-state index in [0.717, 1.165) is 16.7 Å². The lowest BCUT2D eigenvalue weighted by Gasteiger charge is -2.39. The molecule has 1 unspecified atom stereocenters. The SMILES string of the molecule is CC(C)C(=O)Nc1nc2c(ncn2[C@H]2C[C@@H](OP(OCCC#N)N(C(C)C)C(C)C)[C@@H](COC(c3ccccc3)(c3ccccc3)c3ccccc3)O2)c(=O)[nH]1. The van der Waals surface area contributed by atoms with Crippen molar-refractivity contribution in [3.8, 4) is 6.07 Å². The number of nitrogens with one attached hydrogen (secondary N) is 2. The minimum atomic E-state index is -1.66. The fourth-order valence-corrected chi connectivity index (χ4v) is 8.73. The molecule has 1 fully saturated rings. The molecule has 1 amide bonds. The van der Waals surface area contributed by atoms with Gasteiger partial charge >= 0.3 is 0 Å². The lowest BCUT2D eigenvalue weighted by molar-refractivity contribution is -0.118. The fraction of sp³-hybridized carbons (Fsp3) is 0.405. The van der Waals surface area contributed by atoms with Crippen LogP contribution in [0, 0.1) is 17.2 Å². The predicted octanol–water partition coefficient (Wildman–Crippen LogP) is 7.67. The molecule has 0 saturated carbocycles. The van der Waals surface area contributed by atoms with Crippen molar-refractivity contribution in [1.29, 1.82) is 5.26 Å². The minimum absolute atomic E-state index is 0.0194. The number of amides is 1. The predicted molar refractivity (Wildman–Crippen MR) is 215 cm³/mol. The van der Waals surface area contributed by atoms with Gasteiger partial charge in [-0.1, -0.05) is 105 Å². The van der Waals surface area contributed by atoms with Crippen molar-refractivity contribution in [2.45, 2.75) is 90.5 Å². The molecule has 1 aliphatic heterocycles. The molecule has 5 aromatic rings. The summed E-state index contributed by atoms with van der Waals surface area (Å²) in [6.45, 7) is 12.2. The number of rotatable bonds is 17. The van der Waals surface area contributed by atoms with Gasteiger partial charge < -0.3 is 18.5 Å². The van der Waals surface area contributed by atoms with Crippen LogP contribution < -0.4 is 10.9 Å². The molecule has 1 saturated heterocycles. The molecule has 56 heavy (non-hydrogen) atoms. The van der Waals surface area contributed by atoms with Crippen LogP contribution in [0.3, 0.4) is 0 Å². The molecule has 294 valence electrons. The summed E-state index contributed by atoms with van der Waals surface area (Å²) in [6.07, 6.45) is 0.195. The maximum absolute atomic E-state index is 13.1. The van der Waals surface area contributed by atoms with Gasteiger partial charge in [0.05, 0.1) is 38.1 Å².